The average molecular weight is 340 g/mol. The van der Waals surface area contributed by atoms with Gasteiger partial charge in [-0.1, -0.05) is 29.4 Å². The Labute approximate surface area is 143 Å². The first-order chi connectivity index (χ1) is 11.8. The number of hydrogen-bond acceptors (Lipinski definition) is 6. The van der Waals surface area contributed by atoms with Crippen molar-refractivity contribution in [2.24, 2.45) is 0 Å². The van der Waals surface area contributed by atoms with Crippen LogP contribution in [0.1, 0.15) is 16.2 Å². The zero-order valence-corrected chi connectivity index (χ0v) is 13.7. The molecule has 3 aromatic rings. The van der Waals surface area contributed by atoms with E-state index in [9.17, 15) is 4.79 Å². The molecule has 2 N–H and O–H groups in total. The number of nitrogens with zero attached hydrogens (tertiary/aromatic N) is 2. The fourth-order valence-corrected chi connectivity index (χ4v) is 2.75. The maximum absolute atomic E-state index is 12.1. The summed E-state index contributed by atoms with van der Waals surface area (Å²) in [7, 11) is 0. The van der Waals surface area contributed by atoms with Crippen molar-refractivity contribution in [1.29, 1.82) is 0 Å². The summed E-state index contributed by atoms with van der Waals surface area (Å²) in [5.74, 6) is 0.862. The summed E-state index contributed by atoms with van der Waals surface area (Å²) in [4.78, 5) is 17.4. The molecule has 0 aliphatic rings. The van der Waals surface area contributed by atoms with Crippen LogP contribution in [0.25, 0.3) is 10.7 Å². The molecule has 0 spiro atoms. The molecule has 3 rings (SSSR count). The topological polar surface area (TPSA) is 80.0 Å². The van der Waals surface area contributed by atoms with Gasteiger partial charge < -0.3 is 15.2 Å². The Hall–Kier alpha value is -2.93. The molecule has 122 valence electrons. The third-order valence-corrected chi connectivity index (χ3v) is 4.08. The third-order valence-electron chi connectivity index (χ3n) is 3.22. The number of amides is 1. The molecule has 0 saturated heterocycles. The summed E-state index contributed by atoms with van der Waals surface area (Å²) in [6.45, 7) is 4.35. The molecule has 0 unspecified atom stereocenters. The second-order valence-electron chi connectivity index (χ2n) is 4.89. The minimum atomic E-state index is -0.164. The highest BCUT2D eigenvalue weighted by atomic mass is 32.1. The van der Waals surface area contributed by atoms with Gasteiger partial charge in [-0.15, -0.1) is 17.9 Å². The van der Waals surface area contributed by atoms with Crippen LogP contribution in [0, 0.1) is 0 Å². The van der Waals surface area contributed by atoms with Crippen molar-refractivity contribution in [2.45, 2.75) is 6.54 Å². The molecule has 0 radical (unpaired) electrons. The highest BCUT2D eigenvalue weighted by molar-refractivity contribution is 7.13. The largest absolute Gasteiger partial charge is 0.375 e. The summed E-state index contributed by atoms with van der Waals surface area (Å²) in [6, 6.07) is 11.1. The SMILES string of the molecule is C=CCNC(=O)c1ccccc1NCc1nc(-c2cccs2)no1. The molecule has 0 bridgehead atoms. The van der Waals surface area contributed by atoms with Gasteiger partial charge in [-0.2, -0.15) is 4.98 Å². The molecule has 0 fully saturated rings. The summed E-state index contributed by atoms with van der Waals surface area (Å²) in [5.41, 5.74) is 1.26. The first-order valence-corrected chi connectivity index (χ1v) is 8.24. The van der Waals surface area contributed by atoms with E-state index in [1.54, 1.807) is 23.5 Å². The van der Waals surface area contributed by atoms with Gasteiger partial charge in [-0.25, -0.2) is 0 Å². The van der Waals surface area contributed by atoms with Crippen LogP contribution in [0.2, 0.25) is 0 Å². The molecule has 24 heavy (non-hydrogen) atoms. The second kappa shape index (κ2) is 7.56. The lowest BCUT2D eigenvalue weighted by atomic mass is 10.1. The van der Waals surface area contributed by atoms with Crippen LogP contribution < -0.4 is 10.6 Å². The van der Waals surface area contributed by atoms with Gasteiger partial charge in [-0.05, 0) is 23.6 Å². The highest BCUT2D eigenvalue weighted by Gasteiger charge is 2.12. The smallest absolute Gasteiger partial charge is 0.253 e. The van der Waals surface area contributed by atoms with E-state index in [1.165, 1.54) is 0 Å². The van der Waals surface area contributed by atoms with Crippen LogP contribution >= 0.6 is 11.3 Å². The average Bonchev–Trinajstić information content (AvgIpc) is 3.29. The minimum absolute atomic E-state index is 0.164. The number of carbonyl (C=O) groups excluding carboxylic acids is 1. The summed E-state index contributed by atoms with van der Waals surface area (Å²) in [6.07, 6.45) is 1.64. The standard InChI is InChI=1S/C17H16N4O2S/c1-2-9-18-17(22)12-6-3-4-7-13(12)19-11-15-20-16(21-23-15)14-8-5-10-24-14/h2-8,10,19H,1,9,11H2,(H,18,22). The Bertz CT molecular complexity index is 827. The molecule has 1 amide bonds. The number of carbonyl (C=O) groups is 1. The van der Waals surface area contributed by atoms with Crippen molar-refractivity contribution in [2.75, 3.05) is 11.9 Å². The predicted molar refractivity (Wildman–Crippen MR) is 93.9 cm³/mol. The number of benzene rings is 1. The molecule has 6 nitrogen and oxygen atoms in total. The van der Waals surface area contributed by atoms with Crippen LogP contribution in [-0.4, -0.2) is 22.6 Å². The molecule has 0 atom stereocenters. The van der Waals surface area contributed by atoms with Gasteiger partial charge in [0.1, 0.15) is 0 Å². The maximum Gasteiger partial charge on any atom is 0.253 e. The predicted octanol–water partition coefficient (Wildman–Crippen LogP) is 3.33. The summed E-state index contributed by atoms with van der Waals surface area (Å²) < 4.78 is 5.24. The molecule has 2 aromatic heterocycles. The first-order valence-electron chi connectivity index (χ1n) is 7.36. The van der Waals surface area contributed by atoms with Crippen molar-refractivity contribution in [3.63, 3.8) is 0 Å². The van der Waals surface area contributed by atoms with Crippen molar-refractivity contribution in [1.82, 2.24) is 15.5 Å². The van der Waals surface area contributed by atoms with Crippen molar-refractivity contribution >= 4 is 22.9 Å². The molecular formula is C17H16N4O2S. The molecular weight excluding hydrogens is 324 g/mol. The quantitative estimate of drug-likeness (QED) is 0.645. The minimum Gasteiger partial charge on any atom is -0.375 e. The van der Waals surface area contributed by atoms with E-state index in [0.717, 1.165) is 4.88 Å². The monoisotopic (exact) mass is 340 g/mol. The first kappa shape index (κ1) is 15.9. The maximum atomic E-state index is 12.1. The zero-order valence-electron chi connectivity index (χ0n) is 12.9. The van der Waals surface area contributed by atoms with Crippen molar-refractivity contribution in [3.8, 4) is 10.7 Å². The number of anilines is 1. The second-order valence-corrected chi connectivity index (χ2v) is 5.83. The molecule has 1 aromatic carbocycles. The van der Waals surface area contributed by atoms with Crippen LogP contribution in [0.4, 0.5) is 5.69 Å². The summed E-state index contributed by atoms with van der Waals surface area (Å²) in [5, 5.41) is 11.9. The number of para-hydroxylation sites is 1. The number of aromatic nitrogens is 2. The molecule has 0 aliphatic carbocycles. The zero-order chi connectivity index (χ0) is 16.8. The molecule has 0 aliphatic heterocycles. The lowest BCUT2D eigenvalue weighted by Crippen LogP contribution is -2.24. The molecule has 7 heteroatoms. The van der Waals surface area contributed by atoms with E-state index >= 15 is 0 Å². The third kappa shape index (κ3) is 3.69. The van der Waals surface area contributed by atoms with E-state index in [0.29, 0.717) is 36.1 Å². The van der Waals surface area contributed by atoms with Gasteiger partial charge in [-0.3, -0.25) is 4.79 Å². The van der Waals surface area contributed by atoms with Crippen LogP contribution in [0.3, 0.4) is 0 Å². The van der Waals surface area contributed by atoms with E-state index in [-0.39, 0.29) is 5.91 Å². The van der Waals surface area contributed by atoms with E-state index < -0.39 is 0 Å². The lowest BCUT2D eigenvalue weighted by molar-refractivity contribution is 0.0958. The van der Waals surface area contributed by atoms with Gasteiger partial charge in [0.05, 0.1) is 17.0 Å². The highest BCUT2D eigenvalue weighted by Crippen LogP contribution is 2.22. The Balaban J connectivity index is 1.69. The fraction of sp³-hybridized carbons (Fsp3) is 0.118. The molecule has 0 saturated carbocycles. The van der Waals surface area contributed by atoms with Crippen molar-refractivity contribution < 1.29 is 9.32 Å². The number of thiophene rings is 1. The number of nitrogens with one attached hydrogen (secondary N) is 2. The fourth-order valence-electron chi connectivity index (χ4n) is 2.10. The normalized spacial score (nSPS) is 10.3. The van der Waals surface area contributed by atoms with Crippen LogP contribution in [0.5, 0.6) is 0 Å². The Morgan fingerprint density at radius 3 is 2.96 bits per heavy atom. The van der Waals surface area contributed by atoms with Crippen LogP contribution in [0.15, 0.2) is 59.0 Å². The number of rotatable bonds is 7. The Kier molecular flexibility index (Phi) is 5.02. The van der Waals surface area contributed by atoms with Gasteiger partial charge in [0, 0.05) is 12.2 Å². The van der Waals surface area contributed by atoms with Crippen molar-refractivity contribution in [3.05, 3.63) is 65.9 Å². The number of hydrogen-bond donors (Lipinski definition) is 2. The van der Waals surface area contributed by atoms with Crippen LogP contribution in [-0.2, 0) is 6.54 Å². The summed E-state index contributed by atoms with van der Waals surface area (Å²) >= 11 is 1.55. The Morgan fingerprint density at radius 1 is 1.29 bits per heavy atom. The van der Waals surface area contributed by atoms with Gasteiger partial charge in [0.25, 0.3) is 5.91 Å². The molecule has 2 heterocycles. The van der Waals surface area contributed by atoms with Gasteiger partial charge in [0.15, 0.2) is 0 Å². The van der Waals surface area contributed by atoms with E-state index in [2.05, 4.69) is 27.4 Å². The van der Waals surface area contributed by atoms with Gasteiger partial charge >= 0.3 is 0 Å². The van der Waals surface area contributed by atoms with E-state index in [4.69, 9.17) is 4.52 Å². The van der Waals surface area contributed by atoms with Gasteiger partial charge in [0.2, 0.25) is 11.7 Å². The van der Waals surface area contributed by atoms with E-state index in [1.807, 2.05) is 35.7 Å². The Morgan fingerprint density at radius 2 is 2.17 bits per heavy atom. The lowest BCUT2D eigenvalue weighted by Gasteiger charge is -2.10.